The summed E-state index contributed by atoms with van der Waals surface area (Å²) in [5.41, 5.74) is 5.90. The molecule has 0 aliphatic carbocycles. The lowest BCUT2D eigenvalue weighted by molar-refractivity contribution is -0.136. The number of benzene rings is 1. The quantitative estimate of drug-likeness (QED) is 0.728. The molecule has 1 amide bonds. The third-order valence-corrected chi connectivity index (χ3v) is 1.95. The molecule has 3 N–H and O–H groups in total. The largest absolute Gasteiger partial charge is 0.496 e. The maximum absolute atomic E-state index is 10.6. The molecule has 17 heavy (non-hydrogen) atoms. The van der Waals surface area contributed by atoms with Crippen molar-refractivity contribution in [2.45, 2.75) is 6.42 Å². The number of hydrogen-bond donors (Lipinski definition) is 2. The smallest absolute Gasteiger partial charge is 0.307 e. The van der Waals surface area contributed by atoms with E-state index in [4.69, 9.17) is 15.6 Å². The maximum Gasteiger partial charge on any atom is 0.307 e. The molecule has 0 fully saturated rings. The zero-order valence-electron chi connectivity index (χ0n) is 9.19. The van der Waals surface area contributed by atoms with E-state index >= 15 is 0 Å². The van der Waals surface area contributed by atoms with Gasteiger partial charge in [-0.25, -0.2) is 0 Å². The van der Waals surface area contributed by atoms with Gasteiger partial charge in [-0.1, -0.05) is 5.92 Å². The van der Waals surface area contributed by atoms with Crippen LogP contribution in [0.15, 0.2) is 18.2 Å². The van der Waals surface area contributed by atoms with E-state index in [1.165, 1.54) is 7.11 Å². The summed E-state index contributed by atoms with van der Waals surface area (Å²) in [4.78, 5) is 21.1. The first-order valence-corrected chi connectivity index (χ1v) is 4.73. The minimum atomic E-state index is -0.969. The van der Waals surface area contributed by atoms with Gasteiger partial charge in [0, 0.05) is 11.1 Å². The molecule has 0 spiro atoms. The Balaban J connectivity index is 3.09. The molecule has 0 bridgehead atoms. The second-order valence-corrected chi connectivity index (χ2v) is 3.21. The fraction of sp³-hybridized carbons (Fsp3) is 0.167. The molecule has 0 aliphatic rings. The van der Waals surface area contributed by atoms with E-state index in [0.717, 1.165) is 0 Å². The van der Waals surface area contributed by atoms with Crippen LogP contribution in [0, 0.1) is 11.8 Å². The second kappa shape index (κ2) is 5.56. The number of primary amides is 1. The van der Waals surface area contributed by atoms with Crippen molar-refractivity contribution < 1.29 is 19.4 Å². The molecule has 1 aromatic rings. The third-order valence-electron chi connectivity index (χ3n) is 1.95. The standard InChI is InChI=1S/C12H11NO4/c1-17-10-4-2-8(3-5-11(13)14)6-9(10)7-12(15)16/h2,4,6H,7H2,1H3,(H2,13,14)(H,15,16). The number of amides is 1. The topological polar surface area (TPSA) is 89.6 Å². The highest BCUT2D eigenvalue weighted by atomic mass is 16.5. The summed E-state index contributed by atoms with van der Waals surface area (Å²) < 4.78 is 5.02. The first-order valence-electron chi connectivity index (χ1n) is 4.73. The fourth-order valence-corrected chi connectivity index (χ4v) is 1.29. The Morgan fingerprint density at radius 1 is 1.47 bits per heavy atom. The van der Waals surface area contributed by atoms with Gasteiger partial charge in [0.05, 0.1) is 13.5 Å². The fourth-order valence-electron chi connectivity index (χ4n) is 1.29. The molecule has 0 unspecified atom stereocenters. The van der Waals surface area contributed by atoms with Gasteiger partial charge >= 0.3 is 5.97 Å². The van der Waals surface area contributed by atoms with Gasteiger partial charge in [-0.05, 0) is 24.1 Å². The molecular weight excluding hydrogens is 222 g/mol. The lowest BCUT2D eigenvalue weighted by atomic mass is 10.1. The number of rotatable bonds is 3. The number of carbonyl (C=O) groups is 2. The predicted octanol–water partition coefficient (Wildman–Crippen LogP) is 0.159. The number of nitrogens with two attached hydrogens (primary N) is 1. The highest BCUT2D eigenvalue weighted by Gasteiger charge is 2.07. The summed E-state index contributed by atoms with van der Waals surface area (Å²) >= 11 is 0. The number of carbonyl (C=O) groups excluding carboxylic acids is 1. The van der Waals surface area contributed by atoms with Gasteiger partial charge in [-0.15, -0.1) is 0 Å². The zero-order chi connectivity index (χ0) is 12.8. The van der Waals surface area contributed by atoms with Crippen molar-refractivity contribution in [3.05, 3.63) is 29.3 Å². The molecule has 1 aromatic carbocycles. The Kier molecular flexibility index (Phi) is 4.12. The summed E-state index contributed by atoms with van der Waals surface area (Å²) in [7, 11) is 1.45. The van der Waals surface area contributed by atoms with E-state index in [2.05, 4.69) is 11.8 Å². The molecule has 88 valence electrons. The lowest BCUT2D eigenvalue weighted by Crippen LogP contribution is -2.06. The van der Waals surface area contributed by atoms with Crippen molar-refractivity contribution in [1.82, 2.24) is 0 Å². The molecule has 5 heteroatoms. The highest BCUT2D eigenvalue weighted by Crippen LogP contribution is 2.20. The Morgan fingerprint density at radius 2 is 2.18 bits per heavy atom. The van der Waals surface area contributed by atoms with Crippen LogP contribution in [0.3, 0.4) is 0 Å². The number of hydrogen-bond acceptors (Lipinski definition) is 3. The van der Waals surface area contributed by atoms with Gasteiger partial charge in [0.1, 0.15) is 5.75 Å². The van der Waals surface area contributed by atoms with Crippen molar-refractivity contribution in [2.75, 3.05) is 7.11 Å². The van der Waals surface area contributed by atoms with Crippen LogP contribution < -0.4 is 10.5 Å². The van der Waals surface area contributed by atoms with Crippen LogP contribution in [0.4, 0.5) is 0 Å². The number of methoxy groups -OCH3 is 1. The van der Waals surface area contributed by atoms with E-state index in [1.54, 1.807) is 18.2 Å². The predicted molar refractivity (Wildman–Crippen MR) is 60.4 cm³/mol. The van der Waals surface area contributed by atoms with Crippen LogP contribution >= 0.6 is 0 Å². The number of carboxylic acids is 1. The number of aliphatic carboxylic acids is 1. The molecule has 0 radical (unpaired) electrons. The van der Waals surface area contributed by atoms with Crippen LogP contribution in [-0.2, 0) is 16.0 Å². The van der Waals surface area contributed by atoms with Crippen LogP contribution in [0.2, 0.25) is 0 Å². The average Bonchev–Trinajstić information content (AvgIpc) is 2.25. The summed E-state index contributed by atoms with van der Waals surface area (Å²) in [6.45, 7) is 0. The Morgan fingerprint density at radius 3 is 2.71 bits per heavy atom. The zero-order valence-corrected chi connectivity index (χ0v) is 9.19. The van der Waals surface area contributed by atoms with Crippen LogP contribution in [0.1, 0.15) is 11.1 Å². The SMILES string of the molecule is COc1ccc(C#CC(N)=O)cc1CC(=O)O. The number of carboxylic acid groups (broad SMARTS) is 1. The average molecular weight is 233 g/mol. The first kappa shape index (κ1) is 12.6. The van der Waals surface area contributed by atoms with Crippen molar-refractivity contribution in [3.8, 4) is 17.6 Å². The summed E-state index contributed by atoms with van der Waals surface area (Å²) in [6, 6.07) is 4.78. The maximum atomic E-state index is 10.6. The minimum Gasteiger partial charge on any atom is -0.496 e. The Hall–Kier alpha value is -2.48. The molecule has 0 saturated carbocycles. The van der Waals surface area contributed by atoms with Crippen LogP contribution in [0.25, 0.3) is 0 Å². The molecule has 0 atom stereocenters. The highest BCUT2D eigenvalue weighted by molar-refractivity contribution is 5.92. The van der Waals surface area contributed by atoms with Crippen molar-refractivity contribution >= 4 is 11.9 Å². The summed E-state index contributed by atoms with van der Waals surface area (Å²) in [6.07, 6.45) is -0.171. The van der Waals surface area contributed by atoms with E-state index in [0.29, 0.717) is 16.9 Å². The third kappa shape index (κ3) is 3.87. The van der Waals surface area contributed by atoms with Gasteiger partial charge in [-0.2, -0.15) is 0 Å². The van der Waals surface area contributed by atoms with Crippen molar-refractivity contribution in [1.29, 1.82) is 0 Å². The molecule has 0 aromatic heterocycles. The van der Waals surface area contributed by atoms with E-state index in [9.17, 15) is 9.59 Å². The molecule has 1 rings (SSSR count). The number of ether oxygens (including phenoxy) is 1. The minimum absolute atomic E-state index is 0.171. The lowest BCUT2D eigenvalue weighted by Gasteiger charge is -2.06. The molecule has 0 saturated heterocycles. The molecular formula is C12H11NO4. The molecule has 5 nitrogen and oxygen atoms in total. The Bertz CT molecular complexity index is 511. The van der Waals surface area contributed by atoms with Gasteiger partial charge in [0.15, 0.2) is 0 Å². The van der Waals surface area contributed by atoms with E-state index in [-0.39, 0.29) is 6.42 Å². The van der Waals surface area contributed by atoms with Crippen molar-refractivity contribution in [2.24, 2.45) is 5.73 Å². The van der Waals surface area contributed by atoms with Gasteiger partial charge < -0.3 is 15.6 Å². The Labute approximate surface area is 98.2 Å². The molecule has 0 aliphatic heterocycles. The monoisotopic (exact) mass is 233 g/mol. The van der Waals surface area contributed by atoms with Crippen LogP contribution in [0.5, 0.6) is 5.75 Å². The second-order valence-electron chi connectivity index (χ2n) is 3.21. The summed E-state index contributed by atoms with van der Waals surface area (Å²) in [5.74, 6) is 3.48. The van der Waals surface area contributed by atoms with Gasteiger partial charge in [0.2, 0.25) is 0 Å². The van der Waals surface area contributed by atoms with Crippen LogP contribution in [-0.4, -0.2) is 24.1 Å². The van der Waals surface area contributed by atoms with E-state index in [1.807, 2.05) is 0 Å². The van der Waals surface area contributed by atoms with Gasteiger partial charge in [0.25, 0.3) is 5.91 Å². The van der Waals surface area contributed by atoms with E-state index < -0.39 is 11.9 Å². The van der Waals surface area contributed by atoms with Crippen molar-refractivity contribution in [3.63, 3.8) is 0 Å². The first-order chi connectivity index (χ1) is 8.02. The van der Waals surface area contributed by atoms with Gasteiger partial charge in [-0.3, -0.25) is 9.59 Å². The normalized spacial score (nSPS) is 9.00. The molecule has 0 heterocycles. The summed E-state index contributed by atoms with van der Waals surface area (Å²) in [5, 5.41) is 8.73.